The predicted molar refractivity (Wildman–Crippen MR) is 647 cm³/mol. The SMILES string of the molecule is Cc1ccccc1[Si](c1ccccc1)(c1ccccc1)c1ccccc1C.[3H]P=S(F)I.c1ccc(C2(c3ccc([Si](c4ccccc4)(c4ccccc4)c4ccccc4)cc3)c3ccccc3-c3ccccc32)cc1.c1ccc([Si](c2ccccc2)(c2ccccc2)c2ccc([Si](c3ccccc3)(c3ccccc3)c3ccccc3)cc2)cc1.c1ccc2c(c1)Cc1ccccc1[Si]21c2ccccc2Cc2ccccc21. The molecule has 0 aromatic heterocycles. The number of halogens is 2. The molecule has 3 aliphatic rings. The Hall–Kier alpha value is -14.8. The molecule has 0 saturated heterocycles. The summed E-state index contributed by atoms with van der Waals surface area (Å²) < 4.78 is 17.5. The van der Waals surface area contributed by atoms with Crippen LogP contribution in [0.1, 0.15) is 55.6 Å². The number of rotatable bonds is 18. The zero-order chi connectivity index (χ0) is 99.9. The lowest BCUT2D eigenvalue weighted by Gasteiger charge is -2.44. The molecule has 0 radical (unpaired) electrons. The molecule has 22 aromatic rings. The highest BCUT2D eigenvalue weighted by Crippen LogP contribution is 2.56. The summed E-state index contributed by atoms with van der Waals surface area (Å²) in [6.45, 7) is 4.50. The van der Waals surface area contributed by atoms with Gasteiger partial charge in [-0.3, -0.25) is 0 Å². The first kappa shape index (κ1) is 96.0. The quantitative estimate of drug-likeness (QED) is 0.0348. The summed E-state index contributed by atoms with van der Waals surface area (Å²) in [6, 6.07) is 226. The third-order valence-electron chi connectivity index (χ3n) is 30.5. The molecule has 9 heteroatoms. The summed E-state index contributed by atoms with van der Waals surface area (Å²) in [5, 5.41) is 28.8. The molecule has 1 spiro atoms. The van der Waals surface area contributed by atoms with Gasteiger partial charge in [0.25, 0.3) is 0 Å². The van der Waals surface area contributed by atoms with Crippen LogP contribution in [0.5, 0.6) is 0 Å². The van der Waals surface area contributed by atoms with Crippen molar-refractivity contribution in [3.63, 3.8) is 0 Å². The molecule has 25 rings (SSSR count). The van der Waals surface area contributed by atoms with Crippen LogP contribution in [0.3, 0.4) is 0 Å². The van der Waals surface area contributed by atoms with Crippen molar-refractivity contribution in [3.05, 3.63) is 662 Å². The molecule has 1 unspecified atom stereocenters. The number of aryl methyl sites for hydroxylation is 2. The molecular weight excluding hydrogens is 1990 g/mol. The molecular formula is C137H111FIPSSi5. The van der Waals surface area contributed by atoms with Crippen LogP contribution in [-0.2, 0) is 25.9 Å². The van der Waals surface area contributed by atoms with E-state index >= 15 is 0 Å². The molecule has 146 heavy (non-hydrogen) atoms. The van der Waals surface area contributed by atoms with Gasteiger partial charge in [-0.25, -0.2) is 0 Å². The average molecular weight is 2110 g/mol. The van der Waals surface area contributed by atoms with Crippen LogP contribution in [-0.4, -0.2) is 41.6 Å². The van der Waals surface area contributed by atoms with E-state index in [0.29, 0.717) is 0 Å². The Labute approximate surface area is 883 Å². The van der Waals surface area contributed by atoms with Gasteiger partial charge < -0.3 is 0 Å². The zero-order valence-electron chi connectivity index (χ0n) is 82.8. The molecule has 1 aliphatic carbocycles. The molecule has 2 heterocycles. The van der Waals surface area contributed by atoms with Crippen molar-refractivity contribution < 1.29 is 3.89 Å². The Bertz CT molecular complexity index is 7120. The molecule has 22 aromatic carbocycles. The van der Waals surface area contributed by atoms with Crippen molar-refractivity contribution in [1.82, 2.24) is 0 Å². The summed E-state index contributed by atoms with van der Waals surface area (Å²) >= 11 is 1.57. The first-order chi connectivity index (χ1) is 72.6. The minimum atomic E-state index is -2.61. The van der Waals surface area contributed by atoms with Crippen molar-refractivity contribution in [2.75, 3.05) is 0 Å². The lowest BCUT2D eigenvalue weighted by molar-refractivity contribution is 0.769. The van der Waals surface area contributed by atoms with Gasteiger partial charge in [0.05, 0.1) is 13.0 Å². The van der Waals surface area contributed by atoms with Gasteiger partial charge in [-0.1, -0.05) is 618 Å². The van der Waals surface area contributed by atoms with Crippen LogP contribution in [0.15, 0.2) is 607 Å². The van der Waals surface area contributed by atoms with E-state index in [9.17, 15) is 3.89 Å². The van der Waals surface area contributed by atoms with Crippen LogP contribution in [0, 0.1) is 13.8 Å². The fourth-order valence-electron chi connectivity index (χ4n) is 24.6. The first-order valence-electron chi connectivity index (χ1n) is 50.8. The molecule has 0 amide bonds. The van der Waals surface area contributed by atoms with Gasteiger partial charge in [-0.05, 0) is 194 Å². The number of fused-ring (bicyclic) bond motifs is 11. The highest BCUT2D eigenvalue weighted by molar-refractivity contribution is 14.2. The molecule has 0 nitrogen and oxygen atoms in total. The second-order valence-corrected chi connectivity index (χ2v) is 62.5. The van der Waals surface area contributed by atoms with Gasteiger partial charge in [0.1, 0.15) is 1.28 Å². The molecule has 0 bridgehead atoms. The summed E-state index contributed by atoms with van der Waals surface area (Å²) in [5.74, 6) is 0. The highest BCUT2D eigenvalue weighted by Gasteiger charge is 2.53. The Balaban J connectivity index is 0.000000116. The lowest BCUT2D eigenvalue weighted by Crippen LogP contribution is -2.79. The molecule has 1 atom stereocenters. The fraction of sp³-hybridized carbons (Fsp3) is 0.0365. The van der Waals surface area contributed by atoms with E-state index in [2.05, 4.69) is 620 Å². The molecule has 0 N–H and O–H groups in total. The summed E-state index contributed by atoms with van der Waals surface area (Å²) in [5.41, 5.74) is 16.3. The Kier molecular flexibility index (Phi) is 29.0. The van der Waals surface area contributed by atoms with Gasteiger partial charge >= 0.3 is 0 Å². The van der Waals surface area contributed by atoms with Crippen molar-refractivity contribution in [1.29, 1.82) is 1.28 Å². The van der Waals surface area contributed by atoms with Crippen molar-refractivity contribution >= 4 is 181 Å². The summed E-state index contributed by atoms with van der Waals surface area (Å²) in [7, 11) is -13.6. The van der Waals surface area contributed by atoms with Crippen LogP contribution >= 0.6 is 29.2 Å². The minimum Gasteiger partial charge on any atom is -0.159 e. The maximum atomic E-state index is 11.2. The smallest absolute Gasteiger partial charge is 0.159 e. The third kappa shape index (κ3) is 17.8. The number of hydrogen-bond donors (Lipinski definition) is 0. The average Bonchev–Trinajstić information content (AvgIpc) is 1.49. The van der Waals surface area contributed by atoms with E-state index in [1.165, 1.54) is 150 Å². The summed E-state index contributed by atoms with van der Waals surface area (Å²) in [6.07, 6.45) is 2.09. The van der Waals surface area contributed by atoms with E-state index in [1.54, 1.807) is 42.0 Å². The Morgan fingerprint density at radius 3 is 0.637 bits per heavy atom. The highest BCUT2D eigenvalue weighted by atomic mass is 127. The largest absolute Gasteiger partial charge is 0.180 e. The fourth-order valence-corrected chi connectivity index (χ4v) is 49.9. The molecule has 0 fully saturated rings. The topological polar surface area (TPSA) is 0 Å². The maximum absolute atomic E-state index is 11.2. The predicted octanol–water partition coefficient (Wildman–Crippen LogP) is 20.3. The summed E-state index contributed by atoms with van der Waals surface area (Å²) in [4.78, 5) is 0. The standard InChI is InChI=1S/C43H32Si.C42H34Si2.C26H20Si.C26H24Si.FHIPS/c1-5-17-33(18-6-1)43(41-27-15-13-25-39(41)40-26-14-16-28-42(40)43)34-29-31-38(32-30-34)44(35-19-7-2-8-20-35,36-21-9-3-10-22-36)37-23-11-4-12-24-37;1-7-19-35(20-8-1)43(36-21-9-2-10-22-36,37-23-11-3-12-24-37)41-31-33-42(34-32-41)44(38-25-13-4-14-26-38,39-27-15-5-16-28-39)40-29-17-6-18-30-40;1-5-13-23-19(9-1)17-20-10-2-6-14-24(20)27(23)25-15-7-3-11-21(25)18-22-12-4-8-16-26(22)27;1-21-13-9-11-19-25(21)27(23-15-5-3-6-16-23,24-17-7-4-8-18-24)26-20-12-10-14-22(26)2;1-4(2)3/h1-32H;1-34H;1-16H,17-18H2;3-20H,1-2H3;3H/i;;;;3T. The third-order valence-corrected chi connectivity index (χ3v) is 55.2. The van der Waals surface area contributed by atoms with E-state index in [4.69, 9.17) is 1.28 Å². The van der Waals surface area contributed by atoms with Crippen LogP contribution in [0.4, 0.5) is 3.89 Å². The van der Waals surface area contributed by atoms with Crippen molar-refractivity contribution in [2.24, 2.45) is 0 Å². The first-order valence-corrected chi connectivity index (χ1v) is 65.1. The monoisotopic (exact) mass is 2110 g/mol. The number of benzene rings is 22. The number of hydrogen-bond acceptors (Lipinski definition) is 0. The lowest BCUT2D eigenvalue weighted by atomic mass is 9.68. The Morgan fingerprint density at radius 2 is 0.397 bits per heavy atom. The van der Waals surface area contributed by atoms with Crippen LogP contribution < -0.4 is 104 Å². The zero-order valence-corrected chi connectivity index (χ0v) is 90.6. The maximum Gasteiger partial charge on any atom is 0.180 e. The van der Waals surface area contributed by atoms with Gasteiger partial charge in [-0.15, -0.1) is 0 Å². The van der Waals surface area contributed by atoms with E-state index in [1.807, 2.05) is 0 Å². The normalized spacial score (nSPS) is 13.0. The van der Waals surface area contributed by atoms with Gasteiger partial charge in [0.2, 0.25) is 0 Å². The van der Waals surface area contributed by atoms with Crippen LogP contribution in [0.25, 0.3) is 11.1 Å². The van der Waals surface area contributed by atoms with E-state index in [-0.39, 0.29) is 7.96 Å². The second kappa shape index (κ2) is 44.0. The Morgan fingerprint density at radius 1 is 0.219 bits per heavy atom. The van der Waals surface area contributed by atoms with Gasteiger partial charge in [-0.2, -0.15) is 3.89 Å². The molecule has 704 valence electrons. The minimum absolute atomic E-state index is 0.0947. The van der Waals surface area contributed by atoms with Crippen LogP contribution in [0.2, 0.25) is 0 Å². The van der Waals surface area contributed by atoms with Gasteiger partial charge in [0, 0.05) is 21.2 Å². The van der Waals surface area contributed by atoms with E-state index < -0.39 is 53.4 Å². The van der Waals surface area contributed by atoms with Crippen molar-refractivity contribution in [3.8, 4) is 11.1 Å². The molecule has 2 aliphatic heterocycles. The second-order valence-electron chi connectivity index (χ2n) is 37.9. The van der Waals surface area contributed by atoms with Crippen molar-refractivity contribution in [2.45, 2.75) is 32.1 Å². The van der Waals surface area contributed by atoms with E-state index in [0.717, 1.165) is 12.8 Å². The van der Waals surface area contributed by atoms with Gasteiger partial charge in [0.15, 0.2) is 40.4 Å². The molecule has 0 saturated carbocycles.